The van der Waals surface area contributed by atoms with Gasteiger partial charge in [-0.1, -0.05) is 54.6 Å². The van der Waals surface area contributed by atoms with E-state index in [1.54, 1.807) is 33.0 Å². The monoisotopic (exact) mass is 577 g/mol. The molecular weight excluding hydrogens is 544 g/mol. The first-order chi connectivity index (χ1) is 20.1. The summed E-state index contributed by atoms with van der Waals surface area (Å²) in [5, 5.41) is 15.6. The first-order valence-corrected chi connectivity index (χ1v) is 13.8. The van der Waals surface area contributed by atoms with Gasteiger partial charge in [0, 0.05) is 25.6 Å². The average Bonchev–Trinajstić information content (AvgIpc) is 2.97. The van der Waals surface area contributed by atoms with Crippen LogP contribution in [0.15, 0.2) is 72.8 Å². The Labute approximate surface area is 242 Å². The lowest BCUT2D eigenvalue weighted by Crippen LogP contribution is -2.78. The number of carbonyl (C=O) groups excluding carboxylic acids is 3. The summed E-state index contributed by atoms with van der Waals surface area (Å²) in [6, 6.07) is 16.2. The largest absolute Gasteiger partial charge is 0.508 e. The van der Waals surface area contributed by atoms with Gasteiger partial charge >= 0.3 is 6.03 Å². The van der Waals surface area contributed by atoms with Crippen molar-refractivity contribution in [1.29, 1.82) is 0 Å². The van der Waals surface area contributed by atoms with Gasteiger partial charge in [0.25, 0.3) is 0 Å². The molecule has 2 heterocycles. The van der Waals surface area contributed by atoms with Crippen molar-refractivity contribution in [3.63, 3.8) is 0 Å². The molecule has 220 valence electrons. The van der Waals surface area contributed by atoms with Crippen LogP contribution in [0.25, 0.3) is 0 Å². The molecule has 42 heavy (non-hydrogen) atoms. The molecule has 2 aliphatic rings. The highest BCUT2D eigenvalue weighted by molar-refractivity contribution is 5.92. The molecule has 3 aromatic rings. The number of nitrogens with zero attached hydrogens (tertiary/aromatic N) is 4. The molecule has 2 N–H and O–H groups in total. The quantitative estimate of drug-likeness (QED) is 0.465. The van der Waals surface area contributed by atoms with E-state index in [4.69, 9.17) is 0 Å². The summed E-state index contributed by atoms with van der Waals surface area (Å²) in [6.45, 7) is 3.40. The van der Waals surface area contributed by atoms with Crippen LogP contribution in [0, 0.1) is 11.6 Å². The molecule has 9 nitrogen and oxygen atoms in total. The normalized spacial score (nSPS) is 21.7. The summed E-state index contributed by atoms with van der Waals surface area (Å²) in [4.78, 5) is 44.4. The number of nitrogens with one attached hydrogen (secondary N) is 1. The molecule has 2 saturated heterocycles. The number of hydrogen-bond acceptors (Lipinski definition) is 5. The number of rotatable bonds is 6. The van der Waals surface area contributed by atoms with Crippen LogP contribution in [-0.2, 0) is 22.6 Å². The molecule has 11 heteroatoms. The molecule has 4 amide bonds. The van der Waals surface area contributed by atoms with Crippen LogP contribution in [0.4, 0.5) is 13.6 Å². The van der Waals surface area contributed by atoms with Crippen molar-refractivity contribution in [3.05, 3.63) is 101 Å². The van der Waals surface area contributed by atoms with E-state index in [0.717, 1.165) is 11.6 Å². The highest BCUT2D eigenvalue weighted by atomic mass is 19.2. The molecule has 5 rings (SSSR count). The first-order valence-electron chi connectivity index (χ1n) is 13.8. The predicted octanol–water partition coefficient (Wildman–Crippen LogP) is 3.80. The topological polar surface area (TPSA) is 96.4 Å². The summed E-state index contributed by atoms with van der Waals surface area (Å²) < 4.78 is 29.2. The average molecular weight is 578 g/mol. The lowest BCUT2D eigenvalue weighted by Gasteiger charge is -2.58. The van der Waals surface area contributed by atoms with E-state index in [1.807, 2.05) is 30.3 Å². The molecule has 0 unspecified atom stereocenters. The summed E-state index contributed by atoms with van der Waals surface area (Å²) >= 11 is 0. The smallest absolute Gasteiger partial charge is 0.334 e. The van der Waals surface area contributed by atoms with Gasteiger partial charge < -0.3 is 20.2 Å². The fourth-order valence-corrected chi connectivity index (χ4v) is 5.96. The second-order valence-corrected chi connectivity index (χ2v) is 10.7. The highest BCUT2D eigenvalue weighted by Gasteiger charge is 2.55. The Morgan fingerprint density at radius 3 is 2.38 bits per heavy atom. The molecule has 2 aliphatic heterocycles. The molecular formula is C31H33F2N5O4. The van der Waals surface area contributed by atoms with E-state index in [1.165, 1.54) is 44.1 Å². The third kappa shape index (κ3) is 5.39. The predicted molar refractivity (Wildman–Crippen MR) is 150 cm³/mol. The Balaban J connectivity index is 1.55. The van der Waals surface area contributed by atoms with Gasteiger partial charge in [0.2, 0.25) is 11.8 Å². The highest BCUT2D eigenvalue weighted by Crippen LogP contribution is 2.37. The van der Waals surface area contributed by atoms with E-state index < -0.39 is 47.9 Å². The zero-order valence-corrected chi connectivity index (χ0v) is 23.6. The summed E-state index contributed by atoms with van der Waals surface area (Å²) in [7, 11) is 1.62. The van der Waals surface area contributed by atoms with Crippen molar-refractivity contribution < 1.29 is 28.3 Å². The lowest BCUT2D eigenvalue weighted by molar-refractivity contribution is -0.198. The first kappa shape index (κ1) is 29.0. The number of phenolic OH excluding ortho intramolecular Hbond substituents is 1. The summed E-state index contributed by atoms with van der Waals surface area (Å²) in [6.07, 6.45) is -0.850. The molecule has 0 radical (unpaired) electrons. The van der Waals surface area contributed by atoms with Gasteiger partial charge in [0.15, 0.2) is 11.6 Å². The van der Waals surface area contributed by atoms with E-state index in [0.29, 0.717) is 5.56 Å². The number of piperazine rings is 1. The van der Waals surface area contributed by atoms with Crippen LogP contribution in [0.5, 0.6) is 5.75 Å². The minimum Gasteiger partial charge on any atom is -0.508 e. The van der Waals surface area contributed by atoms with Crippen molar-refractivity contribution in [2.24, 2.45) is 0 Å². The van der Waals surface area contributed by atoms with Gasteiger partial charge in [-0.25, -0.2) is 23.6 Å². The molecule has 4 atom stereocenters. The minimum absolute atomic E-state index is 0.0115. The van der Waals surface area contributed by atoms with Crippen molar-refractivity contribution in [1.82, 2.24) is 25.1 Å². The Hall–Kier alpha value is -4.51. The van der Waals surface area contributed by atoms with Crippen molar-refractivity contribution in [2.75, 3.05) is 13.6 Å². The number of hydrogen-bond donors (Lipinski definition) is 2. The number of hydrazine groups is 1. The van der Waals surface area contributed by atoms with E-state index in [-0.39, 0.29) is 36.7 Å². The number of halogens is 2. The number of phenols is 1. The van der Waals surface area contributed by atoms with Gasteiger partial charge in [0.05, 0.1) is 18.6 Å². The van der Waals surface area contributed by atoms with Crippen LogP contribution < -0.4 is 5.32 Å². The minimum atomic E-state index is -1.06. The third-order valence-corrected chi connectivity index (χ3v) is 8.01. The third-order valence-electron chi connectivity index (χ3n) is 8.01. The Morgan fingerprint density at radius 2 is 1.69 bits per heavy atom. The van der Waals surface area contributed by atoms with Crippen molar-refractivity contribution in [3.8, 4) is 5.75 Å². The van der Waals surface area contributed by atoms with E-state index in [9.17, 15) is 28.3 Å². The maximum atomic E-state index is 15.0. The number of fused-ring (bicyclic) bond motifs is 1. The van der Waals surface area contributed by atoms with Gasteiger partial charge in [0.1, 0.15) is 18.0 Å². The number of benzene rings is 3. The number of urea groups is 1. The van der Waals surface area contributed by atoms with Crippen LogP contribution in [-0.4, -0.2) is 74.6 Å². The zero-order chi connectivity index (χ0) is 30.1. The Kier molecular flexibility index (Phi) is 8.13. The van der Waals surface area contributed by atoms with Crippen LogP contribution in [0.1, 0.15) is 36.6 Å². The Bertz CT molecular complexity index is 1470. The Morgan fingerprint density at radius 1 is 1.00 bits per heavy atom. The van der Waals surface area contributed by atoms with Crippen molar-refractivity contribution >= 4 is 17.8 Å². The van der Waals surface area contributed by atoms with Gasteiger partial charge in [-0.3, -0.25) is 9.59 Å². The number of carbonyl (C=O) groups is 3. The van der Waals surface area contributed by atoms with Gasteiger partial charge in [-0.15, -0.1) is 0 Å². The SMILES string of the molecule is C[C@H](c1cccc(F)c1F)N1C(=O)[C@H](Cc2ccc(O)cc2)N2C(=O)CN(C)N(C(=O)NCc3ccccc3)[C@@H]2[C@@H]1C. The zero-order valence-electron chi connectivity index (χ0n) is 23.6. The van der Waals surface area contributed by atoms with Crippen LogP contribution in [0.2, 0.25) is 0 Å². The molecule has 0 aromatic heterocycles. The summed E-state index contributed by atoms with van der Waals surface area (Å²) in [5.41, 5.74) is 1.55. The van der Waals surface area contributed by atoms with E-state index in [2.05, 4.69) is 5.32 Å². The number of aromatic hydroxyl groups is 1. The molecule has 0 saturated carbocycles. The summed E-state index contributed by atoms with van der Waals surface area (Å²) in [5.74, 6) is -2.84. The van der Waals surface area contributed by atoms with Crippen LogP contribution >= 0.6 is 0 Å². The fourth-order valence-electron chi connectivity index (χ4n) is 5.96. The molecule has 0 bridgehead atoms. The van der Waals surface area contributed by atoms with Gasteiger partial charge in [-0.2, -0.15) is 0 Å². The second kappa shape index (κ2) is 11.8. The fraction of sp³-hybridized carbons (Fsp3) is 0.323. The maximum Gasteiger partial charge on any atom is 0.334 e. The standard InChI is InChI=1S/C31H33F2N5O4/c1-19(24-10-7-11-25(32)28(24)33)36-20(2)29-37(26(30(36)41)16-21-12-14-23(39)15-13-21)27(40)18-35(3)38(29)31(42)34-17-22-8-5-4-6-9-22/h4-15,19-20,26,29,39H,16-18H2,1-3H3,(H,34,42)/t19-,20+,26+,29-/m1/s1. The number of amides is 4. The maximum absolute atomic E-state index is 15.0. The molecule has 3 aromatic carbocycles. The molecule has 2 fully saturated rings. The van der Waals surface area contributed by atoms with E-state index >= 15 is 0 Å². The van der Waals surface area contributed by atoms with Crippen LogP contribution in [0.3, 0.4) is 0 Å². The number of likely N-dealkylation sites (N-methyl/N-ethyl adjacent to an activating group) is 1. The molecule has 0 spiro atoms. The second-order valence-electron chi connectivity index (χ2n) is 10.7. The van der Waals surface area contributed by atoms with Gasteiger partial charge in [-0.05, 0) is 43.2 Å². The molecule has 0 aliphatic carbocycles. The van der Waals surface area contributed by atoms with Crippen molar-refractivity contribution in [2.45, 2.75) is 51.1 Å². The lowest BCUT2D eigenvalue weighted by atomic mass is 9.92.